The van der Waals surface area contributed by atoms with Crippen molar-refractivity contribution in [2.24, 2.45) is 0 Å². The van der Waals surface area contributed by atoms with E-state index in [-0.39, 0.29) is 11.7 Å². The van der Waals surface area contributed by atoms with Crippen molar-refractivity contribution in [1.29, 1.82) is 0 Å². The maximum Gasteiger partial charge on any atom is 0.144 e. The minimum absolute atomic E-state index is 0.103. The van der Waals surface area contributed by atoms with Crippen LogP contribution in [0.4, 0.5) is 4.39 Å². The number of nitrogens with zero attached hydrogens (tertiary/aromatic N) is 1. The predicted molar refractivity (Wildman–Crippen MR) is 91.0 cm³/mol. The van der Waals surface area contributed by atoms with Gasteiger partial charge >= 0.3 is 0 Å². The summed E-state index contributed by atoms with van der Waals surface area (Å²) in [6.07, 6.45) is 1.30. The zero-order valence-corrected chi connectivity index (χ0v) is 13.0. The van der Waals surface area contributed by atoms with E-state index in [4.69, 9.17) is 4.42 Å². The van der Waals surface area contributed by atoms with Gasteiger partial charge in [0.25, 0.3) is 0 Å². The molecule has 0 aliphatic heterocycles. The second-order valence-corrected chi connectivity index (χ2v) is 6.03. The molecule has 0 aliphatic carbocycles. The molecule has 0 saturated heterocycles. The average Bonchev–Trinajstić information content (AvgIpc) is 2.94. The van der Waals surface area contributed by atoms with Gasteiger partial charge in [0.2, 0.25) is 0 Å². The van der Waals surface area contributed by atoms with E-state index in [2.05, 4.69) is 4.98 Å². The fourth-order valence-corrected chi connectivity index (χ4v) is 2.99. The summed E-state index contributed by atoms with van der Waals surface area (Å²) >= 11 is 0. The van der Waals surface area contributed by atoms with Gasteiger partial charge < -0.3 is 4.42 Å². The van der Waals surface area contributed by atoms with Crippen LogP contribution in [0.2, 0.25) is 0 Å². The minimum atomic E-state index is -0.263. The Bertz CT molecular complexity index is 1020. The maximum absolute atomic E-state index is 13.9. The van der Waals surface area contributed by atoms with E-state index < -0.39 is 0 Å². The first-order valence-electron chi connectivity index (χ1n) is 7.71. The van der Waals surface area contributed by atoms with Gasteiger partial charge in [0, 0.05) is 16.3 Å². The summed E-state index contributed by atoms with van der Waals surface area (Å²) in [5, 5.41) is 2.13. The fourth-order valence-electron chi connectivity index (χ4n) is 2.99. The largest absolute Gasteiger partial charge is 0.455 e. The van der Waals surface area contributed by atoms with E-state index in [0.717, 1.165) is 33.2 Å². The van der Waals surface area contributed by atoms with Crippen molar-refractivity contribution in [2.75, 3.05) is 0 Å². The number of hydrogen-bond donors (Lipinski definition) is 0. The first-order valence-corrected chi connectivity index (χ1v) is 7.71. The molecule has 4 rings (SSSR count). The van der Waals surface area contributed by atoms with Crippen molar-refractivity contribution < 1.29 is 8.81 Å². The molecule has 0 bridgehead atoms. The average molecular weight is 305 g/mol. The van der Waals surface area contributed by atoms with E-state index in [1.165, 1.54) is 6.20 Å². The normalized spacial score (nSPS) is 11.7. The third-order valence-electron chi connectivity index (χ3n) is 4.19. The van der Waals surface area contributed by atoms with Gasteiger partial charge in [-0.05, 0) is 29.7 Å². The van der Waals surface area contributed by atoms with E-state index in [0.29, 0.717) is 5.56 Å². The number of fused-ring (bicyclic) bond motifs is 3. The molecule has 0 N–H and O–H groups in total. The number of furan rings is 1. The van der Waals surface area contributed by atoms with Crippen LogP contribution in [0.3, 0.4) is 0 Å². The highest BCUT2D eigenvalue weighted by Gasteiger charge is 2.15. The summed E-state index contributed by atoms with van der Waals surface area (Å²) in [6, 6.07) is 15.8. The fraction of sp³-hybridized carbons (Fsp3) is 0.150. The first-order chi connectivity index (χ1) is 11.1. The van der Waals surface area contributed by atoms with Gasteiger partial charge in [-0.25, -0.2) is 4.39 Å². The van der Waals surface area contributed by atoms with Crippen LogP contribution in [0, 0.1) is 5.82 Å². The van der Waals surface area contributed by atoms with Crippen LogP contribution in [-0.2, 0) is 0 Å². The second-order valence-electron chi connectivity index (χ2n) is 6.03. The number of pyridine rings is 1. The quantitative estimate of drug-likeness (QED) is 0.460. The van der Waals surface area contributed by atoms with Crippen molar-refractivity contribution in [2.45, 2.75) is 19.8 Å². The van der Waals surface area contributed by atoms with Crippen LogP contribution in [-0.4, -0.2) is 4.98 Å². The summed E-state index contributed by atoms with van der Waals surface area (Å²) in [4.78, 5) is 4.28. The lowest BCUT2D eigenvalue weighted by molar-refractivity contribution is 0.592. The van der Waals surface area contributed by atoms with E-state index >= 15 is 0 Å². The minimum Gasteiger partial charge on any atom is -0.455 e. The Hall–Kier alpha value is -2.68. The molecule has 0 radical (unpaired) electrons. The molecule has 2 aromatic heterocycles. The molecule has 0 spiro atoms. The third kappa shape index (κ3) is 2.20. The molecular weight excluding hydrogens is 289 g/mol. The van der Waals surface area contributed by atoms with E-state index in [1.807, 2.05) is 62.4 Å². The van der Waals surface area contributed by atoms with Crippen LogP contribution < -0.4 is 0 Å². The number of para-hydroxylation sites is 2. The van der Waals surface area contributed by atoms with Gasteiger partial charge in [-0.2, -0.15) is 0 Å². The molecule has 2 aromatic carbocycles. The molecule has 2 heterocycles. The number of benzene rings is 2. The van der Waals surface area contributed by atoms with Crippen molar-refractivity contribution >= 4 is 21.9 Å². The van der Waals surface area contributed by atoms with Crippen LogP contribution in [0.15, 0.2) is 59.1 Å². The van der Waals surface area contributed by atoms with Crippen molar-refractivity contribution in [3.63, 3.8) is 0 Å². The molecule has 0 aliphatic rings. The molecule has 0 unspecified atom stereocenters. The molecule has 0 saturated carbocycles. The van der Waals surface area contributed by atoms with Crippen molar-refractivity contribution in [3.8, 4) is 11.3 Å². The van der Waals surface area contributed by atoms with Crippen LogP contribution >= 0.6 is 0 Å². The summed E-state index contributed by atoms with van der Waals surface area (Å²) in [5.74, 6) is -0.160. The highest BCUT2D eigenvalue weighted by molar-refractivity contribution is 6.09. The Labute approximate surface area is 133 Å². The van der Waals surface area contributed by atoms with Crippen LogP contribution in [0.5, 0.6) is 0 Å². The third-order valence-corrected chi connectivity index (χ3v) is 4.19. The highest BCUT2D eigenvalue weighted by Crippen LogP contribution is 2.35. The lowest BCUT2D eigenvalue weighted by Gasteiger charge is -2.09. The van der Waals surface area contributed by atoms with Gasteiger partial charge in [0.15, 0.2) is 0 Å². The van der Waals surface area contributed by atoms with Gasteiger partial charge in [-0.15, -0.1) is 0 Å². The lowest BCUT2D eigenvalue weighted by atomic mass is 10.00. The lowest BCUT2D eigenvalue weighted by Crippen LogP contribution is -1.96. The van der Waals surface area contributed by atoms with E-state index in [9.17, 15) is 4.39 Å². The molecule has 0 atom stereocenters. The zero-order valence-electron chi connectivity index (χ0n) is 13.0. The molecule has 0 amide bonds. The second kappa shape index (κ2) is 5.20. The molecule has 3 heteroatoms. The van der Waals surface area contributed by atoms with Gasteiger partial charge in [0.05, 0.1) is 11.9 Å². The van der Waals surface area contributed by atoms with Crippen molar-refractivity contribution in [1.82, 2.24) is 4.98 Å². The number of hydrogen-bond acceptors (Lipinski definition) is 2. The summed E-state index contributed by atoms with van der Waals surface area (Å²) in [5.41, 5.74) is 3.94. The van der Waals surface area contributed by atoms with Crippen LogP contribution in [0.1, 0.15) is 25.3 Å². The van der Waals surface area contributed by atoms with Crippen molar-refractivity contribution in [3.05, 3.63) is 66.1 Å². The molecule has 0 fully saturated rings. The number of aromatic nitrogens is 1. The molecule has 4 aromatic rings. The van der Waals surface area contributed by atoms with Gasteiger partial charge in [-0.3, -0.25) is 4.98 Å². The molecule has 2 nitrogen and oxygen atoms in total. The van der Waals surface area contributed by atoms with Gasteiger partial charge in [0.1, 0.15) is 17.0 Å². The topological polar surface area (TPSA) is 26.0 Å². The first kappa shape index (κ1) is 13.9. The number of rotatable bonds is 2. The monoisotopic (exact) mass is 305 g/mol. The summed E-state index contributed by atoms with van der Waals surface area (Å²) in [6.45, 7) is 3.95. The Morgan fingerprint density at radius 3 is 2.61 bits per heavy atom. The summed E-state index contributed by atoms with van der Waals surface area (Å²) in [7, 11) is 0. The van der Waals surface area contributed by atoms with E-state index in [1.54, 1.807) is 0 Å². The Morgan fingerprint density at radius 1 is 1.00 bits per heavy atom. The Balaban J connectivity index is 2.01. The molecular formula is C20H16FNO. The smallest absolute Gasteiger partial charge is 0.144 e. The SMILES string of the molecule is CC(C)c1cc(-c2cccc3c2oc2ccccc23)ncc1F. The molecule has 23 heavy (non-hydrogen) atoms. The Morgan fingerprint density at radius 2 is 1.78 bits per heavy atom. The Kier molecular flexibility index (Phi) is 3.15. The van der Waals surface area contributed by atoms with Crippen LogP contribution in [0.25, 0.3) is 33.2 Å². The molecule has 114 valence electrons. The summed E-state index contributed by atoms with van der Waals surface area (Å²) < 4.78 is 20.0. The standard InChI is InChI=1S/C20H16FNO/c1-12(2)16-10-18(22-11-17(16)21)15-8-5-7-14-13-6-3-4-9-19(13)23-20(14)15/h3-12H,1-2H3. The zero-order chi connectivity index (χ0) is 16.0. The highest BCUT2D eigenvalue weighted by atomic mass is 19.1. The maximum atomic E-state index is 13.9. The van der Waals surface area contributed by atoms with Gasteiger partial charge in [-0.1, -0.05) is 44.2 Å². The predicted octanol–water partition coefficient (Wildman–Crippen LogP) is 5.91. The number of halogens is 1.